The Hall–Kier alpha value is -2.45. The van der Waals surface area contributed by atoms with Crippen molar-refractivity contribution >= 4 is 21.6 Å². The van der Waals surface area contributed by atoms with Crippen LogP contribution in [-0.2, 0) is 21.2 Å². The largest absolute Gasteiger partial charge is 0.369 e. The average Bonchev–Trinajstić information content (AvgIpc) is 2.69. The number of carbonyl (C=O) groups is 1. The maximum atomic E-state index is 13.0. The highest BCUT2D eigenvalue weighted by atomic mass is 32.2. The van der Waals surface area contributed by atoms with Gasteiger partial charge < -0.3 is 10.2 Å². The van der Waals surface area contributed by atoms with Gasteiger partial charge in [0.25, 0.3) is 0 Å². The molecule has 2 aromatic carbocycles. The Bertz CT molecular complexity index is 881. The van der Waals surface area contributed by atoms with E-state index >= 15 is 0 Å². The van der Waals surface area contributed by atoms with Crippen LogP contribution in [0.4, 0.5) is 10.1 Å². The van der Waals surface area contributed by atoms with Gasteiger partial charge in [-0.2, -0.15) is 4.31 Å². The minimum atomic E-state index is -3.43. The maximum absolute atomic E-state index is 13.0. The first-order valence-corrected chi connectivity index (χ1v) is 10.8. The Balaban J connectivity index is 1.43. The molecule has 1 saturated heterocycles. The molecular formula is C20H24FN3O3S. The van der Waals surface area contributed by atoms with E-state index in [1.54, 1.807) is 12.1 Å². The summed E-state index contributed by atoms with van der Waals surface area (Å²) >= 11 is 0. The number of rotatable bonds is 7. The highest BCUT2D eigenvalue weighted by molar-refractivity contribution is 7.89. The van der Waals surface area contributed by atoms with Crippen LogP contribution in [0.5, 0.6) is 0 Å². The van der Waals surface area contributed by atoms with E-state index in [2.05, 4.69) is 5.32 Å². The number of sulfonamides is 1. The molecule has 0 saturated carbocycles. The fourth-order valence-corrected chi connectivity index (χ4v) is 4.51. The minimum Gasteiger partial charge on any atom is -0.369 e. The van der Waals surface area contributed by atoms with Crippen molar-refractivity contribution in [3.05, 3.63) is 66.0 Å². The maximum Gasteiger partial charge on any atom is 0.224 e. The number of amides is 1. The lowest BCUT2D eigenvalue weighted by atomic mass is 10.1. The summed E-state index contributed by atoms with van der Waals surface area (Å²) in [7, 11) is -3.43. The number of benzene rings is 2. The number of anilines is 1. The lowest BCUT2D eigenvalue weighted by Gasteiger charge is -2.35. The van der Waals surface area contributed by atoms with Gasteiger partial charge in [-0.1, -0.05) is 30.3 Å². The molecule has 0 radical (unpaired) electrons. The number of nitrogens with one attached hydrogen (secondary N) is 1. The summed E-state index contributed by atoms with van der Waals surface area (Å²) in [5, 5.41) is 2.68. The van der Waals surface area contributed by atoms with E-state index in [1.165, 1.54) is 16.4 Å². The van der Waals surface area contributed by atoms with Gasteiger partial charge in [-0.15, -0.1) is 0 Å². The first-order valence-electron chi connectivity index (χ1n) is 9.23. The summed E-state index contributed by atoms with van der Waals surface area (Å²) in [5.74, 6) is -0.605. The average molecular weight is 405 g/mol. The standard InChI is InChI=1S/C20H24FN3O3S/c21-18-6-8-19(9-7-18)23-11-13-24(14-12-23)28(26,27)15-10-22-20(25)16-17-4-2-1-3-5-17/h1-9H,10-16H2,(H,22,25). The van der Waals surface area contributed by atoms with Gasteiger partial charge >= 0.3 is 0 Å². The van der Waals surface area contributed by atoms with E-state index < -0.39 is 10.0 Å². The van der Waals surface area contributed by atoms with Crippen LogP contribution in [0.2, 0.25) is 0 Å². The van der Waals surface area contributed by atoms with Crippen LogP contribution < -0.4 is 10.2 Å². The SMILES string of the molecule is O=C(Cc1ccccc1)NCCS(=O)(=O)N1CCN(c2ccc(F)cc2)CC1. The molecule has 1 N–H and O–H groups in total. The van der Waals surface area contributed by atoms with E-state index in [9.17, 15) is 17.6 Å². The van der Waals surface area contributed by atoms with Gasteiger partial charge in [0.15, 0.2) is 0 Å². The number of hydrogen-bond donors (Lipinski definition) is 1. The highest BCUT2D eigenvalue weighted by Crippen LogP contribution is 2.18. The zero-order valence-corrected chi connectivity index (χ0v) is 16.4. The second-order valence-corrected chi connectivity index (χ2v) is 8.78. The quantitative estimate of drug-likeness (QED) is 0.760. The molecule has 2 aromatic rings. The Morgan fingerprint density at radius 3 is 2.25 bits per heavy atom. The fourth-order valence-electron chi connectivity index (χ4n) is 3.17. The molecule has 0 aliphatic carbocycles. The summed E-state index contributed by atoms with van der Waals surface area (Å²) in [6, 6.07) is 15.5. The molecule has 6 nitrogen and oxygen atoms in total. The van der Waals surface area contributed by atoms with E-state index in [-0.39, 0.29) is 30.4 Å². The predicted molar refractivity (Wildman–Crippen MR) is 107 cm³/mol. The van der Waals surface area contributed by atoms with Crippen LogP contribution in [0.25, 0.3) is 0 Å². The van der Waals surface area contributed by atoms with Gasteiger partial charge in [0.2, 0.25) is 15.9 Å². The molecule has 0 atom stereocenters. The summed E-state index contributed by atoms with van der Waals surface area (Å²) < 4.78 is 39.5. The molecule has 0 aromatic heterocycles. The van der Waals surface area contributed by atoms with Crippen LogP contribution in [-0.4, -0.2) is 57.1 Å². The molecule has 150 valence electrons. The van der Waals surface area contributed by atoms with Gasteiger partial charge in [0.1, 0.15) is 5.82 Å². The van der Waals surface area contributed by atoms with Gasteiger partial charge in [-0.25, -0.2) is 12.8 Å². The second-order valence-electron chi connectivity index (χ2n) is 6.69. The van der Waals surface area contributed by atoms with Crippen molar-refractivity contribution in [2.24, 2.45) is 0 Å². The number of hydrogen-bond acceptors (Lipinski definition) is 4. The summed E-state index contributed by atoms with van der Waals surface area (Å²) in [5.41, 5.74) is 1.77. The summed E-state index contributed by atoms with van der Waals surface area (Å²) in [6.07, 6.45) is 0.233. The van der Waals surface area contributed by atoms with Gasteiger partial charge in [-0.05, 0) is 29.8 Å². The molecule has 1 aliphatic rings. The predicted octanol–water partition coefficient (Wildman–Crippen LogP) is 1.64. The molecule has 1 amide bonds. The van der Waals surface area contributed by atoms with Gasteiger partial charge in [0.05, 0.1) is 12.2 Å². The topological polar surface area (TPSA) is 69.7 Å². The Kier molecular flexibility index (Phi) is 6.64. The third-order valence-electron chi connectivity index (χ3n) is 4.71. The van der Waals surface area contributed by atoms with Crippen molar-refractivity contribution in [2.75, 3.05) is 43.4 Å². The van der Waals surface area contributed by atoms with Crippen molar-refractivity contribution in [3.63, 3.8) is 0 Å². The lowest BCUT2D eigenvalue weighted by Crippen LogP contribution is -2.50. The van der Waals surface area contributed by atoms with E-state index in [0.29, 0.717) is 26.2 Å². The highest BCUT2D eigenvalue weighted by Gasteiger charge is 2.26. The van der Waals surface area contributed by atoms with E-state index in [4.69, 9.17) is 0 Å². The Morgan fingerprint density at radius 1 is 0.964 bits per heavy atom. The van der Waals surface area contributed by atoms with E-state index in [0.717, 1.165) is 11.3 Å². The van der Waals surface area contributed by atoms with E-state index in [1.807, 2.05) is 35.2 Å². The molecule has 0 spiro atoms. The van der Waals surface area contributed by atoms with Crippen molar-refractivity contribution in [1.29, 1.82) is 0 Å². The molecule has 0 bridgehead atoms. The minimum absolute atomic E-state index is 0.0895. The smallest absolute Gasteiger partial charge is 0.224 e. The molecule has 1 fully saturated rings. The Labute approximate surface area is 165 Å². The summed E-state index contributed by atoms with van der Waals surface area (Å²) in [4.78, 5) is 14.0. The van der Waals surface area contributed by atoms with Crippen LogP contribution in [0, 0.1) is 5.82 Å². The van der Waals surface area contributed by atoms with Crippen LogP contribution in [0.1, 0.15) is 5.56 Å². The first kappa shape index (κ1) is 20.3. The third kappa shape index (κ3) is 5.53. The molecule has 1 heterocycles. The first-order chi connectivity index (χ1) is 13.4. The van der Waals surface area contributed by atoms with Crippen LogP contribution in [0.3, 0.4) is 0 Å². The van der Waals surface area contributed by atoms with Crippen molar-refractivity contribution < 1.29 is 17.6 Å². The number of halogens is 1. The second kappa shape index (κ2) is 9.16. The van der Waals surface area contributed by atoms with Crippen molar-refractivity contribution in [2.45, 2.75) is 6.42 Å². The number of piperazine rings is 1. The zero-order valence-electron chi connectivity index (χ0n) is 15.6. The van der Waals surface area contributed by atoms with Crippen LogP contribution >= 0.6 is 0 Å². The Morgan fingerprint density at radius 2 is 1.61 bits per heavy atom. The summed E-state index contributed by atoms with van der Waals surface area (Å²) in [6.45, 7) is 1.93. The monoisotopic (exact) mass is 405 g/mol. The van der Waals surface area contributed by atoms with Crippen molar-refractivity contribution in [1.82, 2.24) is 9.62 Å². The van der Waals surface area contributed by atoms with Gasteiger partial charge in [0, 0.05) is 38.4 Å². The fraction of sp³-hybridized carbons (Fsp3) is 0.350. The molecule has 28 heavy (non-hydrogen) atoms. The van der Waals surface area contributed by atoms with Crippen molar-refractivity contribution in [3.8, 4) is 0 Å². The van der Waals surface area contributed by atoms with Gasteiger partial charge in [-0.3, -0.25) is 4.79 Å². The zero-order chi connectivity index (χ0) is 20.0. The normalized spacial score (nSPS) is 15.4. The number of carbonyl (C=O) groups excluding carboxylic acids is 1. The van der Waals surface area contributed by atoms with Crippen LogP contribution in [0.15, 0.2) is 54.6 Å². The lowest BCUT2D eigenvalue weighted by molar-refractivity contribution is -0.120. The number of nitrogens with zero attached hydrogens (tertiary/aromatic N) is 2. The molecular weight excluding hydrogens is 381 g/mol. The third-order valence-corrected chi connectivity index (χ3v) is 6.59. The molecule has 8 heteroatoms. The molecule has 0 unspecified atom stereocenters. The molecule has 1 aliphatic heterocycles. The molecule has 3 rings (SSSR count).